The number of furan rings is 1. The van der Waals surface area contributed by atoms with E-state index in [1.807, 2.05) is 6.92 Å². The molecule has 0 spiro atoms. The molecule has 1 aliphatic heterocycles. The molecular weight excluding hydrogens is 278 g/mol. The van der Waals surface area contributed by atoms with Gasteiger partial charge in [-0.25, -0.2) is 0 Å². The predicted molar refractivity (Wildman–Crippen MR) is 70.9 cm³/mol. The van der Waals surface area contributed by atoms with E-state index >= 15 is 0 Å². The van der Waals surface area contributed by atoms with Crippen molar-refractivity contribution in [3.63, 3.8) is 0 Å². The van der Waals surface area contributed by atoms with E-state index in [0.717, 1.165) is 0 Å². The van der Waals surface area contributed by atoms with Gasteiger partial charge in [-0.1, -0.05) is 6.92 Å². The van der Waals surface area contributed by atoms with Crippen LogP contribution < -0.4 is 0 Å². The van der Waals surface area contributed by atoms with Gasteiger partial charge in [-0.3, -0.25) is 14.4 Å². The van der Waals surface area contributed by atoms with E-state index < -0.39 is 23.8 Å². The molecule has 21 heavy (non-hydrogen) atoms. The molecule has 7 nitrogen and oxygen atoms in total. The van der Waals surface area contributed by atoms with Crippen LogP contribution in [0.3, 0.4) is 0 Å². The van der Waals surface area contributed by atoms with Gasteiger partial charge in [-0.15, -0.1) is 0 Å². The lowest BCUT2D eigenvalue weighted by molar-refractivity contribution is -0.156. The molecule has 1 saturated heterocycles. The zero-order valence-electron chi connectivity index (χ0n) is 11.6. The molecule has 7 heteroatoms. The minimum atomic E-state index is -1.19. The van der Waals surface area contributed by atoms with Crippen LogP contribution in [0.1, 0.15) is 29.5 Å². The van der Waals surface area contributed by atoms with Crippen molar-refractivity contribution in [2.24, 2.45) is 11.8 Å². The molecule has 2 heterocycles. The number of hydrogen-bond acceptors (Lipinski definition) is 4. The summed E-state index contributed by atoms with van der Waals surface area (Å²) in [6.45, 7) is 1.99. The minimum absolute atomic E-state index is 0.0978. The highest BCUT2D eigenvalue weighted by Crippen LogP contribution is 2.26. The van der Waals surface area contributed by atoms with E-state index in [-0.39, 0.29) is 25.4 Å². The lowest BCUT2D eigenvalue weighted by Gasteiger charge is -2.34. The molecule has 0 aliphatic carbocycles. The summed E-state index contributed by atoms with van der Waals surface area (Å²) in [4.78, 5) is 36.1. The Morgan fingerprint density at radius 1 is 1.29 bits per heavy atom. The van der Waals surface area contributed by atoms with E-state index in [0.29, 0.717) is 17.7 Å². The summed E-state index contributed by atoms with van der Waals surface area (Å²) in [5.74, 6) is -4.13. The van der Waals surface area contributed by atoms with E-state index in [1.54, 1.807) is 6.07 Å². The quantitative estimate of drug-likeness (QED) is 0.860. The van der Waals surface area contributed by atoms with Crippen molar-refractivity contribution in [1.82, 2.24) is 4.90 Å². The van der Waals surface area contributed by atoms with Crippen molar-refractivity contribution >= 4 is 17.8 Å². The van der Waals surface area contributed by atoms with Crippen LogP contribution in [0.4, 0.5) is 0 Å². The lowest BCUT2D eigenvalue weighted by Crippen LogP contribution is -2.48. The number of hydrogen-bond donors (Lipinski definition) is 2. The monoisotopic (exact) mass is 295 g/mol. The van der Waals surface area contributed by atoms with Crippen molar-refractivity contribution < 1.29 is 29.0 Å². The van der Waals surface area contributed by atoms with Gasteiger partial charge in [0, 0.05) is 19.5 Å². The Morgan fingerprint density at radius 3 is 2.52 bits per heavy atom. The van der Waals surface area contributed by atoms with Crippen LogP contribution in [0.5, 0.6) is 0 Å². The first-order valence-corrected chi connectivity index (χ1v) is 6.77. The van der Waals surface area contributed by atoms with Gasteiger partial charge >= 0.3 is 11.9 Å². The number of aryl methyl sites for hydroxylation is 1. The van der Waals surface area contributed by atoms with Crippen LogP contribution in [0, 0.1) is 11.8 Å². The molecule has 1 aliphatic rings. The highest BCUT2D eigenvalue weighted by Gasteiger charge is 2.40. The van der Waals surface area contributed by atoms with Crippen LogP contribution in [0.25, 0.3) is 0 Å². The summed E-state index contributed by atoms with van der Waals surface area (Å²) >= 11 is 0. The maximum atomic E-state index is 12.4. The van der Waals surface area contributed by atoms with E-state index in [1.165, 1.54) is 11.2 Å². The fraction of sp³-hybridized carbons (Fsp3) is 0.500. The summed E-state index contributed by atoms with van der Waals surface area (Å²) in [6, 6.07) is 1.56. The third-order valence-corrected chi connectivity index (χ3v) is 3.83. The molecule has 2 atom stereocenters. The molecule has 1 aromatic rings. The van der Waals surface area contributed by atoms with Crippen LogP contribution in [0.15, 0.2) is 16.7 Å². The summed E-state index contributed by atoms with van der Waals surface area (Å²) in [5, 5.41) is 18.2. The summed E-state index contributed by atoms with van der Waals surface area (Å²) in [7, 11) is 0. The Morgan fingerprint density at radius 2 is 1.95 bits per heavy atom. The first-order valence-electron chi connectivity index (χ1n) is 6.77. The maximum Gasteiger partial charge on any atom is 0.309 e. The molecule has 0 bridgehead atoms. The normalized spacial score (nSPS) is 22.0. The average molecular weight is 295 g/mol. The SMILES string of the molecule is CCc1occc1C(=O)N1CCC(C(=O)O)C(C(=O)O)C1. The topological polar surface area (TPSA) is 108 Å². The number of nitrogens with zero attached hydrogens (tertiary/aromatic N) is 1. The smallest absolute Gasteiger partial charge is 0.309 e. The molecule has 0 saturated carbocycles. The maximum absolute atomic E-state index is 12.4. The Hall–Kier alpha value is -2.31. The molecular formula is C14H17NO6. The second-order valence-electron chi connectivity index (χ2n) is 5.04. The van der Waals surface area contributed by atoms with Crippen LogP contribution in [-0.4, -0.2) is 46.0 Å². The molecule has 1 amide bonds. The molecule has 0 aromatic carbocycles. The number of carbonyl (C=O) groups is 3. The second kappa shape index (κ2) is 5.99. The Balaban J connectivity index is 2.17. The van der Waals surface area contributed by atoms with Gasteiger partial charge in [0.1, 0.15) is 5.76 Å². The number of carbonyl (C=O) groups excluding carboxylic acids is 1. The number of carboxylic acid groups (broad SMARTS) is 2. The van der Waals surface area contributed by atoms with Gasteiger partial charge < -0.3 is 19.5 Å². The fourth-order valence-electron chi connectivity index (χ4n) is 2.66. The minimum Gasteiger partial charge on any atom is -0.481 e. The Kier molecular flexibility index (Phi) is 4.30. The van der Waals surface area contributed by atoms with Gasteiger partial charge in [0.2, 0.25) is 0 Å². The molecule has 2 N–H and O–H groups in total. The van der Waals surface area contributed by atoms with Gasteiger partial charge in [-0.05, 0) is 12.5 Å². The third-order valence-electron chi connectivity index (χ3n) is 3.83. The van der Waals surface area contributed by atoms with Gasteiger partial charge in [0.15, 0.2) is 0 Å². The fourth-order valence-corrected chi connectivity index (χ4v) is 2.66. The third kappa shape index (κ3) is 2.91. The van der Waals surface area contributed by atoms with Crippen molar-refractivity contribution in [3.8, 4) is 0 Å². The van der Waals surface area contributed by atoms with Crippen LogP contribution in [-0.2, 0) is 16.0 Å². The van der Waals surface area contributed by atoms with E-state index in [4.69, 9.17) is 14.6 Å². The lowest BCUT2D eigenvalue weighted by atomic mass is 9.85. The largest absolute Gasteiger partial charge is 0.481 e. The Labute approximate surface area is 121 Å². The van der Waals surface area contributed by atoms with Crippen molar-refractivity contribution in [3.05, 3.63) is 23.7 Å². The van der Waals surface area contributed by atoms with Gasteiger partial charge in [0.05, 0.1) is 23.7 Å². The summed E-state index contributed by atoms with van der Waals surface area (Å²) in [5.41, 5.74) is 0.412. The van der Waals surface area contributed by atoms with E-state index in [9.17, 15) is 14.4 Å². The van der Waals surface area contributed by atoms with Crippen molar-refractivity contribution in [2.75, 3.05) is 13.1 Å². The molecule has 0 radical (unpaired) electrons. The molecule has 1 fully saturated rings. The van der Waals surface area contributed by atoms with Crippen LogP contribution in [0.2, 0.25) is 0 Å². The van der Waals surface area contributed by atoms with Crippen molar-refractivity contribution in [2.45, 2.75) is 19.8 Å². The number of likely N-dealkylation sites (tertiary alicyclic amines) is 1. The number of carboxylic acids is 2. The van der Waals surface area contributed by atoms with E-state index in [2.05, 4.69) is 0 Å². The van der Waals surface area contributed by atoms with Crippen molar-refractivity contribution in [1.29, 1.82) is 0 Å². The number of amides is 1. The van der Waals surface area contributed by atoms with Gasteiger partial charge in [-0.2, -0.15) is 0 Å². The highest BCUT2D eigenvalue weighted by molar-refractivity contribution is 5.95. The number of piperidine rings is 1. The Bertz CT molecular complexity index is 564. The first-order chi connectivity index (χ1) is 9.95. The number of rotatable bonds is 4. The molecule has 2 rings (SSSR count). The predicted octanol–water partition coefficient (Wildman–Crippen LogP) is 1.09. The molecule has 2 unspecified atom stereocenters. The van der Waals surface area contributed by atoms with Crippen LogP contribution >= 0.6 is 0 Å². The average Bonchev–Trinajstić information content (AvgIpc) is 2.94. The molecule has 114 valence electrons. The first kappa shape index (κ1) is 15.1. The standard InChI is InChI=1S/C14H17NO6/c1-2-11-9(4-6-21-11)12(16)15-5-3-8(13(17)18)10(7-15)14(19)20/h4,6,8,10H,2-3,5,7H2,1H3,(H,17,18)(H,19,20). The summed E-state index contributed by atoms with van der Waals surface area (Å²) < 4.78 is 5.20. The highest BCUT2D eigenvalue weighted by atomic mass is 16.4. The number of aliphatic carboxylic acids is 2. The zero-order valence-corrected chi connectivity index (χ0v) is 11.6. The zero-order chi connectivity index (χ0) is 15.6. The summed E-state index contributed by atoms with van der Waals surface area (Å²) in [6.07, 6.45) is 2.12. The van der Waals surface area contributed by atoms with Gasteiger partial charge in [0.25, 0.3) is 5.91 Å². The molecule has 1 aromatic heterocycles. The second-order valence-corrected chi connectivity index (χ2v) is 5.04.